The van der Waals surface area contributed by atoms with Crippen LogP contribution in [0.4, 0.5) is 4.79 Å². The molecule has 2 heterocycles. The van der Waals surface area contributed by atoms with E-state index in [4.69, 9.17) is 4.74 Å². The SMILES string of the molecule is CCCCC1(CCN2CCOCC2)C(=O)NC(=O)NC1=O. The summed E-state index contributed by atoms with van der Waals surface area (Å²) < 4.78 is 5.29. The maximum absolute atomic E-state index is 12.3. The van der Waals surface area contributed by atoms with Crippen molar-refractivity contribution in [2.45, 2.75) is 32.6 Å². The van der Waals surface area contributed by atoms with Gasteiger partial charge in [-0.1, -0.05) is 19.8 Å². The first kappa shape index (κ1) is 15.9. The van der Waals surface area contributed by atoms with Crippen LogP contribution < -0.4 is 10.6 Å². The lowest BCUT2D eigenvalue weighted by atomic mass is 9.76. The topological polar surface area (TPSA) is 87.7 Å². The standard InChI is InChI=1S/C14H23N3O4/c1-2-3-4-14(5-6-17-7-9-21-10-8-17)11(18)15-13(20)16-12(14)19/h2-10H2,1H3,(H2,15,16,18,19,20). The Morgan fingerprint density at radius 2 is 1.71 bits per heavy atom. The Hall–Kier alpha value is -1.47. The van der Waals surface area contributed by atoms with Gasteiger partial charge in [0.15, 0.2) is 0 Å². The number of hydrogen-bond donors (Lipinski definition) is 2. The fraction of sp³-hybridized carbons (Fsp3) is 0.786. The van der Waals surface area contributed by atoms with E-state index in [0.717, 1.165) is 25.9 Å². The lowest BCUT2D eigenvalue weighted by molar-refractivity contribution is -0.146. The number of rotatable bonds is 6. The molecule has 0 atom stereocenters. The van der Waals surface area contributed by atoms with Gasteiger partial charge in [-0.2, -0.15) is 0 Å². The van der Waals surface area contributed by atoms with Gasteiger partial charge in [-0.25, -0.2) is 4.79 Å². The van der Waals surface area contributed by atoms with Crippen LogP contribution in [-0.2, 0) is 14.3 Å². The first-order chi connectivity index (χ1) is 10.1. The molecule has 7 nitrogen and oxygen atoms in total. The van der Waals surface area contributed by atoms with Crippen molar-refractivity contribution in [3.05, 3.63) is 0 Å². The molecule has 2 fully saturated rings. The van der Waals surface area contributed by atoms with Crippen molar-refractivity contribution in [3.8, 4) is 0 Å². The van der Waals surface area contributed by atoms with E-state index in [0.29, 0.717) is 32.6 Å². The number of hydrogen-bond acceptors (Lipinski definition) is 5. The number of nitrogens with zero attached hydrogens (tertiary/aromatic N) is 1. The van der Waals surface area contributed by atoms with E-state index in [-0.39, 0.29) is 0 Å². The van der Waals surface area contributed by atoms with Crippen molar-refractivity contribution < 1.29 is 19.1 Å². The van der Waals surface area contributed by atoms with Gasteiger partial charge in [-0.3, -0.25) is 25.1 Å². The third kappa shape index (κ3) is 3.59. The number of barbiturate groups is 1. The van der Waals surface area contributed by atoms with Crippen molar-refractivity contribution in [1.29, 1.82) is 0 Å². The van der Waals surface area contributed by atoms with Crippen molar-refractivity contribution in [2.24, 2.45) is 5.41 Å². The number of morpholine rings is 1. The zero-order valence-electron chi connectivity index (χ0n) is 12.4. The highest BCUT2D eigenvalue weighted by molar-refractivity contribution is 6.19. The van der Waals surface area contributed by atoms with Crippen LogP contribution in [-0.4, -0.2) is 55.6 Å². The quantitative estimate of drug-likeness (QED) is 0.686. The van der Waals surface area contributed by atoms with Gasteiger partial charge in [-0.15, -0.1) is 0 Å². The molecule has 0 saturated carbocycles. The molecule has 0 spiro atoms. The molecule has 4 amide bonds. The van der Waals surface area contributed by atoms with E-state index in [1.165, 1.54) is 0 Å². The van der Waals surface area contributed by atoms with Crippen molar-refractivity contribution in [1.82, 2.24) is 15.5 Å². The Balaban J connectivity index is 2.06. The fourth-order valence-electron chi connectivity index (χ4n) is 2.81. The minimum atomic E-state index is -1.12. The number of nitrogens with one attached hydrogen (secondary N) is 2. The largest absolute Gasteiger partial charge is 0.379 e. The molecule has 21 heavy (non-hydrogen) atoms. The van der Waals surface area contributed by atoms with Gasteiger partial charge < -0.3 is 4.74 Å². The Morgan fingerprint density at radius 3 is 2.29 bits per heavy atom. The Labute approximate surface area is 124 Å². The summed E-state index contributed by atoms with van der Waals surface area (Å²) >= 11 is 0. The van der Waals surface area contributed by atoms with Crippen LogP contribution in [0, 0.1) is 5.41 Å². The lowest BCUT2D eigenvalue weighted by Gasteiger charge is -2.36. The highest BCUT2D eigenvalue weighted by atomic mass is 16.5. The number of urea groups is 1. The van der Waals surface area contributed by atoms with Crippen LogP contribution in [0.2, 0.25) is 0 Å². The van der Waals surface area contributed by atoms with Crippen LogP contribution >= 0.6 is 0 Å². The highest BCUT2D eigenvalue weighted by Gasteiger charge is 2.49. The number of amides is 4. The van der Waals surface area contributed by atoms with E-state index in [1.54, 1.807) is 0 Å². The summed E-state index contributed by atoms with van der Waals surface area (Å²) in [5.74, 6) is -0.920. The number of imide groups is 2. The second-order valence-corrected chi connectivity index (χ2v) is 5.63. The number of carbonyl (C=O) groups is 3. The minimum absolute atomic E-state index is 0.429. The van der Waals surface area contributed by atoms with Crippen LogP contribution in [0.3, 0.4) is 0 Å². The van der Waals surface area contributed by atoms with Crippen molar-refractivity contribution in [3.63, 3.8) is 0 Å². The van der Waals surface area contributed by atoms with Gasteiger partial charge in [0, 0.05) is 13.1 Å². The van der Waals surface area contributed by atoms with Crippen LogP contribution in [0.5, 0.6) is 0 Å². The Morgan fingerprint density at radius 1 is 1.10 bits per heavy atom. The predicted octanol–water partition coefficient (Wildman–Crippen LogP) is 0.251. The summed E-state index contributed by atoms with van der Waals surface area (Å²) in [6, 6.07) is -0.719. The molecule has 2 aliphatic heterocycles. The maximum atomic E-state index is 12.3. The van der Waals surface area contributed by atoms with E-state index >= 15 is 0 Å². The van der Waals surface area contributed by atoms with Gasteiger partial charge in [-0.05, 0) is 19.4 Å². The molecule has 2 saturated heterocycles. The average Bonchev–Trinajstić information content (AvgIpc) is 2.47. The van der Waals surface area contributed by atoms with Crippen LogP contribution in [0.1, 0.15) is 32.6 Å². The first-order valence-electron chi connectivity index (χ1n) is 7.55. The Bertz CT molecular complexity index is 398. The Kier molecular flexibility index (Phi) is 5.30. The summed E-state index contributed by atoms with van der Waals surface area (Å²) in [6.07, 6.45) is 2.57. The second-order valence-electron chi connectivity index (χ2n) is 5.63. The van der Waals surface area contributed by atoms with E-state index in [1.807, 2.05) is 6.92 Å². The zero-order chi connectivity index (χ0) is 15.3. The molecule has 118 valence electrons. The van der Waals surface area contributed by atoms with Gasteiger partial charge in [0.2, 0.25) is 11.8 Å². The lowest BCUT2D eigenvalue weighted by Crippen LogP contribution is -2.63. The molecule has 2 N–H and O–H groups in total. The summed E-state index contributed by atoms with van der Waals surface area (Å²) in [6.45, 7) is 5.65. The number of ether oxygens (including phenoxy) is 1. The third-order valence-corrected chi connectivity index (χ3v) is 4.24. The number of carbonyl (C=O) groups excluding carboxylic acids is 3. The average molecular weight is 297 g/mol. The molecule has 0 aliphatic carbocycles. The molecular weight excluding hydrogens is 274 g/mol. The van der Waals surface area contributed by atoms with Crippen LogP contribution in [0.25, 0.3) is 0 Å². The number of unbranched alkanes of at least 4 members (excludes halogenated alkanes) is 1. The molecule has 0 unspecified atom stereocenters. The van der Waals surface area contributed by atoms with Gasteiger partial charge in [0.1, 0.15) is 5.41 Å². The third-order valence-electron chi connectivity index (χ3n) is 4.24. The van der Waals surface area contributed by atoms with Crippen molar-refractivity contribution >= 4 is 17.8 Å². The maximum Gasteiger partial charge on any atom is 0.328 e. The summed E-state index contributed by atoms with van der Waals surface area (Å²) in [4.78, 5) is 38.0. The van der Waals surface area contributed by atoms with E-state index in [9.17, 15) is 14.4 Å². The molecular formula is C14H23N3O4. The molecule has 2 rings (SSSR count). The predicted molar refractivity (Wildman–Crippen MR) is 75.5 cm³/mol. The molecule has 0 aromatic heterocycles. The fourth-order valence-corrected chi connectivity index (χ4v) is 2.81. The molecule has 2 aliphatic rings. The summed E-state index contributed by atoms with van der Waals surface area (Å²) in [5, 5.41) is 4.49. The molecule has 0 aromatic carbocycles. The summed E-state index contributed by atoms with van der Waals surface area (Å²) in [7, 11) is 0. The zero-order valence-corrected chi connectivity index (χ0v) is 12.4. The van der Waals surface area contributed by atoms with E-state index in [2.05, 4.69) is 15.5 Å². The minimum Gasteiger partial charge on any atom is -0.379 e. The monoisotopic (exact) mass is 297 g/mol. The molecule has 0 bridgehead atoms. The van der Waals surface area contributed by atoms with Gasteiger partial charge in [0.05, 0.1) is 13.2 Å². The molecule has 0 radical (unpaired) electrons. The molecule has 7 heteroatoms. The summed E-state index contributed by atoms with van der Waals surface area (Å²) in [5.41, 5.74) is -1.12. The van der Waals surface area contributed by atoms with Crippen molar-refractivity contribution in [2.75, 3.05) is 32.8 Å². The van der Waals surface area contributed by atoms with E-state index < -0.39 is 23.3 Å². The van der Waals surface area contributed by atoms with Gasteiger partial charge in [0.25, 0.3) is 0 Å². The van der Waals surface area contributed by atoms with Gasteiger partial charge >= 0.3 is 6.03 Å². The van der Waals surface area contributed by atoms with Crippen LogP contribution in [0.15, 0.2) is 0 Å². The molecule has 0 aromatic rings. The first-order valence-corrected chi connectivity index (χ1v) is 7.55. The highest BCUT2D eigenvalue weighted by Crippen LogP contribution is 2.32. The smallest absolute Gasteiger partial charge is 0.328 e. The normalized spacial score (nSPS) is 22.8. The second kappa shape index (κ2) is 7.00.